The van der Waals surface area contributed by atoms with Crippen LogP contribution in [-0.2, 0) is 4.79 Å². The molecule has 0 aromatic heterocycles. The van der Waals surface area contributed by atoms with E-state index in [1.807, 2.05) is 0 Å². The molecule has 0 aromatic carbocycles. The topological polar surface area (TPSA) is 69.6 Å². The minimum absolute atomic E-state index is 0.121. The summed E-state index contributed by atoms with van der Waals surface area (Å²) in [6, 6.07) is -0.486. The van der Waals surface area contributed by atoms with Gasteiger partial charge in [-0.05, 0) is 43.4 Å². The Hall–Kier alpha value is -1.26. The molecule has 1 saturated heterocycles. The summed E-state index contributed by atoms with van der Waals surface area (Å²) in [5.41, 5.74) is 0.163. The smallest absolute Gasteiger partial charge is 0.326 e. The number of rotatable bonds is 2. The molecule has 3 aliphatic rings. The van der Waals surface area contributed by atoms with Crippen LogP contribution in [0.3, 0.4) is 0 Å². The van der Waals surface area contributed by atoms with Crippen molar-refractivity contribution in [3.05, 3.63) is 0 Å². The molecule has 2 N–H and O–H groups in total. The predicted octanol–water partition coefficient (Wildman–Crippen LogP) is 2.60. The molecule has 5 nitrogen and oxygen atoms in total. The minimum atomic E-state index is -0.857. The monoisotopic (exact) mass is 294 g/mol. The number of carboxylic acid groups (broad SMARTS) is 1. The number of hydrogen-bond acceptors (Lipinski definition) is 2. The Morgan fingerprint density at radius 3 is 2.43 bits per heavy atom. The fourth-order valence-corrected chi connectivity index (χ4v) is 4.10. The van der Waals surface area contributed by atoms with Crippen molar-refractivity contribution in [2.75, 3.05) is 0 Å². The Morgan fingerprint density at radius 2 is 1.81 bits per heavy atom. The number of nitrogens with zero attached hydrogens (tertiary/aromatic N) is 1. The van der Waals surface area contributed by atoms with Gasteiger partial charge in [-0.1, -0.05) is 26.7 Å². The first-order valence-electron chi connectivity index (χ1n) is 8.22. The van der Waals surface area contributed by atoms with Crippen molar-refractivity contribution in [1.29, 1.82) is 0 Å². The highest BCUT2D eigenvalue weighted by Gasteiger charge is 2.49. The van der Waals surface area contributed by atoms with Crippen LogP contribution < -0.4 is 5.32 Å². The van der Waals surface area contributed by atoms with Crippen molar-refractivity contribution < 1.29 is 14.7 Å². The van der Waals surface area contributed by atoms with Crippen LogP contribution in [0.5, 0.6) is 0 Å². The van der Waals surface area contributed by atoms with Crippen molar-refractivity contribution in [2.45, 2.75) is 76.9 Å². The zero-order valence-corrected chi connectivity index (χ0v) is 13.0. The third kappa shape index (κ3) is 2.74. The van der Waals surface area contributed by atoms with E-state index in [0.717, 1.165) is 32.1 Å². The van der Waals surface area contributed by atoms with Gasteiger partial charge in [-0.25, -0.2) is 9.59 Å². The maximum atomic E-state index is 12.7. The lowest BCUT2D eigenvalue weighted by Crippen LogP contribution is -2.60. The fourth-order valence-electron chi connectivity index (χ4n) is 4.10. The summed E-state index contributed by atoms with van der Waals surface area (Å²) >= 11 is 0. The molecule has 0 aromatic rings. The number of piperidine rings is 1. The van der Waals surface area contributed by atoms with Gasteiger partial charge in [-0.15, -0.1) is 0 Å². The SMILES string of the molecule is CC1(C)CC1NC(=O)N1C(C(=O)O)CCC2CCCCC21. The zero-order chi connectivity index (χ0) is 15.2. The molecule has 2 aliphatic carbocycles. The van der Waals surface area contributed by atoms with Crippen LogP contribution in [0.25, 0.3) is 0 Å². The van der Waals surface area contributed by atoms with Crippen LogP contribution in [0.2, 0.25) is 0 Å². The van der Waals surface area contributed by atoms with Gasteiger partial charge in [-0.2, -0.15) is 0 Å². The van der Waals surface area contributed by atoms with Gasteiger partial charge in [0.25, 0.3) is 0 Å². The van der Waals surface area contributed by atoms with Gasteiger partial charge in [0.05, 0.1) is 0 Å². The van der Waals surface area contributed by atoms with Gasteiger partial charge >= 0.3 is 12.0 Å². The highest BCUT2D eigenvalue weighted by Crippen LogP contribution is 2.45. The van der Waals surface area contributed by atoms with E-state index in [-0.39, 0.29) is 23.5 Å². The molecule has 2 saturated carbocycles. The second-order valence-corrected chi connectivity index (χ2v) is 7.65. The van der Waals surface area contributed by atoms with E-state index in [9.17, 15) is 14.7 Å². The molecule has 1 heterocycles. The number of fused-ring (bicyclic) bond motifs is 1. The summed E-state index contributed by atoms with van der Waals surface area (Å²) in [6.45, 7) is 4.26. The molecule has 5 heteroatoms. The third-order valence-corrected chi connectivity index (χ3v) is 5.70. The van der Waals surface area contributed by atoms with E-state index in [2.05, 4.69) is 19.2 Å². The highest BCUT2D eigenvalue weighted by atomic mass is 16.4. The number of amides is 2. The molecule has 4 unspecified atom stereocenters. The van der Waals surface area contributed by atoms with Crippen molar-refractivity contribution in [2.24, 2.45) is 11.3 Å². The largest absolute Gasteiger partial charge is 0.480 e. The van der Waals surface area contributed by atoms with Crippen molar-refractivity contribution in [3.8, 4) is 0 Å². The third-order valence-electron chi connectivity index (χ3n) is 5.70. The Morgan fingerprint density at radius 1 is 1.14 bits per heavy atom. The second-order valence-electron chi connectivity index (χ2n) is 7.65. The van der Waals surface area contributed by atoms with Gasteiger partial charge in [-0.3, -0.25) is 0 Å². The number of aliphatic carboxylic acids is 1. The lowest BCUT2D eigenvalue weighted by atomic mass is 9.76. The molecule has 3 rings (SSSR count). The molecule has 21 heavy (non-hydrogen) atoms. The van der Waals surface area contributed by atoms with Gasteiger partial charge in [0, 0.05) is 12.1 Å². The highest BCUT2D eigenvalue weighted by molar-refractivity contribution is 5.83. The summed E-state index contributed by atoms with van der Waals surface area (Å²) in [6.07, 6.45) is 6.93. The average Bonchev–Trinajstić information content (AvgIpc) is 3.03. The minimum Gasteiger partial charge on any atom is -0.480 e. The fraction of sp³-hybridized carbons (Fsp3) is 0.875. The molecule has 2 amide bonds. The Labute approximate surface area is 126 Å². The molecule has 0 spiro atoms. The molecular weight excluding hydrogens is 268 g/mol. The number of carboxylic acids is 1. The van der Waals surface area contributed by atoms with Crippen LogP contribution in [0.15, 0.2) is 0 Å². The number of carbonyl (C=O) groups excluding carboxylic acids is 1. The standard InChI is InChI=1S/C16H26N2O3/c1-16(2)9-13(16)17-15(21)18-11-6-4-3-5-10(11)7-8-12(18)14(19)20/h10-13H,3-9H2,1-2H3,(H,17,21)(H,19,20). The van der Waals surface area contributed by atoms with Gasteiger partial charge in [0.15, 0.2) is 0 Å². The van der Waals surface area contributed by atoms with E-state index in [1.54, 1.807) is 4.90 Å². The first-order chi connectivity index (χ1) is 9.90. The number of likely N-dealkylation sites (tertiary alicyclic amines) is 1. The average molecular weight is 294 g/mol. The van der Waals surface area contributed by atoms with Crippen molar-refractivity contribution >= 4 is 12.0 Å². The van der Waals surface area contributed by atoms with E-state index in [4.69, 9.17) is 0 Å². The second kappa shape index (κ2) is 5.18. The normalized spacial score (nSPS) is 37.5. The number of hydrogen-bond donors (Lipinski definition) is 2. The molecule has 4 atom stereocenters. The van der Waals surface area contributed by atoms with Gasteiger partial charge < -0.3 is 15.3 Å². The van der Waals surface area contributed by atoms with Crippen molar-refractivity contribution in [1.82, 2.24) is 10.2 Å². The number of carbonyl (C=O) groups is 2. The summed E-state index contributed by atoms with van der Waals surface area (Å²) in [7, 11) is 0. The summed E-state index contributed by atoms with van der Waals surface area (Å²) in [4.78, 5) is 25.9. The lowest BCUT2D eigenvalue weighted by molar-refractivity contribution is -0.145. The first-order valence-corrected chi connectivity index (χ1v) is 8.22. The molecular formula is C16H26N2O3. The van der Waals surface area contributed by atoms with E-state index in [1.165, 1.54) is 6.42 Å². The van der Waals surface area contributed by atoms with E-state index >= 15 is 0 Å². The Bertz CT molecular complexity index is 449. The molecule has 0 radical (unpaired) electrons. The predicted molar refractivity (Wildman–Crippen MR) is 79.0 cm³/mol. The van der Waals surface area contributed by atoms with Crippen LogP contribution in [0, 0.1) is 11.3 Å². The maximum absolute atomic E-state index is 12.7. The molecule has 0 bridgehead atoms. The molecule has 3 fully saturated rings. The maximum Gasteiger partial charge on any atom is 0.326 e. The Balaban J connectivity index is 1.75. The van der Waals surface area contributed by atoms with E-state index in [0.29, 0.717) is 12.3 Å². The van der Waals surface area contributed by atoms with Crippen LogP contribution in [0.4, 0.5) is 4.79 Å². The number of urea groups is 1. The lowest BCUT2D eigenvalue weighted by Gasteiger charge is -2.47. The van der Waals surface area contributed by atoms with Crippen LogP contribution in [0.1, 0.15) is 58.8 Å². The first kappa shape index (κ1) is 14.7. The van der Waals surface area contributed by atoms with Gasteiger partial charge in [0.1, 0.15) is 6.04 Å². The quantitative estimate of drug-likeness (QED) is 0.822. The summed E-state index contributed by atoms with van der Waals surface area (Å²) < 4.78 is 0. The zero-order valence-electron chi connectivity index (χ0n) is 13.0. The van der Waals surface area contributed by atoms with Crippen LogP contribution in [-0.4, -0.2) is 40.1 Å². The Kier molecular flexibility index (Phi) is 3.62. The van der Waals surface area contributed by atoms with Crippen molar-refractivity contribution in [3.63, 3.8) is 0 Å². The molecule has 1 aliphatic heterocycles. The summed E-state index contributed by atoms with van der Waals surface area (Å²) in [5, 5.41) is 12.5. The number of nitrogens with one attached hydrogen (secondary N) is 1. The van der Waals surface area contributed by atoms with Crippen LogP contribution >= 0.6 is 0 Å². The van der Waals surface area contributed by atoms with Gasteiger partial charge in [0.2, 0.25) is 0 Å². The van der Waals surface area contributed by atoms with E-state index < -0.39 is 12.0 Å². The summed E-state index contributed by atoms with van der Waals surface area (Å²) in [5.74, 6) is -0.364. The molecule has 118 valence electrons.